The number of ether oxygens (including phenoxy) is 1. The van der Waals surface area contributed by atoms with E-state index in [4.69, 9.17) is 10.5 Å². The second kappa shape index (κ2) is 4.77. The Bertz CT molecular complexity index is 839. The summed E-state index contributed by atoms with van der Waals surface area (Å²) in [7, 11) is 1.43. The van der Waals surface area contributed by atoms with Gasteiger partial charge in [0.2, 0.25) is 5.95 Å². The van der Waals surface area contributed by atoms with Crippen molar-refractivity contribution in [2.45, 2.75) is 13.8 Å². The third-order valence-electron chi connectivity index (χ3n) is 3.70. The van der Waals surface area contributed by atoms with Crippen LogP contribution >= 0.6 is 0 Å². The molecular formula is C16H16FN3O. The number of aromatic nitrogens is 2. The molecule has 2 N–H and O–H groups in total. The largest absolute Gasteiger partial charge is 0.494 e. The van der Waals surface area contributed by atoms with Crippen LogP contribution in [0.25, 0.3) is 16.7 Å². The minimum Gasteiger partial charge on any atom is -0.494 e. The molecule has 0 amide bonds. The molecule has 0 aliphatic carbocycles. The zero-order chi connectivity index (χ0) is 15.1. The molecule has 0 spiro atoms. The summed E-state index contributed by atoms with van der Waals surface area (Å²) in [6.07, 6.45) is 0. The predicted molar refractivity (Wildman–Crippen MR) is 81.5 cm³/mol. The molecule has 21 heavy (non-hydrogen) atoms. The van der Waals surface area contributed by atoms with Crippen molar-refractivity contribution in [1.82, 2.24) is 9.55 Å². The van der Waals surface area contributed by atoms with Crippen molar-refractivity contribution >= 4 is 17.0 Å². The summed E-state index contributed by atoms with van der Waals surface area (Å²) in [4.78, 5) is 4.22. The number of fused-ring (bicyclic) bond motifs is 1. The predicted octanol–water partition coefficient (Wildman–Crippen LogP) is 3.37. The summed E-state index contributed by atoms with van der Waals surface area (Å²) in [5.41, 5.74) is 10.5. The summed E-state index contributed by atoms with van der Waals surface area (Å²) in [5.74, 6) is 0.0446. The highest BCUT2D eigenvalue weighted by Gasteiger charge is 2.14. The molecular weight excluding hydrogens is 269 g/mol. The first-order chi connectivity index (χ1) is 10.0. The molecule has 0 fully saturated rings. The molecule has 3 rings (SSSR count). The smallest absolute Gasteiger partial charge is 0.205 e. The Morgan fingerprint density at radius 1 is 1.14 bits per heavy atom. The van der Waals surface area contributed by atoms with E-state index in [1.165, 1.54) is 18.7 Å². The Hall–Kier alpha value is -2.56. The van der Waals surface area contributed by atoms with E-state index in [0.29, 0.717) is 17.0 Å². The molecule has 0 radical (unpaired) electrons. The molecule has 1 aromatic heterocycles. The van der Waals surface area contributed by atoms with Crippen LogP contribution in [0.1, 0.15) is 11.1 Å². The zero-order valence-electron chi connectivity index (χ0n) is 12.1. The van der Waals surface area contributed by atoms with E-state index in [1.54, 1.807) is 10.6 Å². The first kappa shape index (κ1) is 13.4. The maximum atomic E-state index is 13.8. The van der Waals surface area contributed by atoms with E-state index in [2.05, 4.69) is 4.98 Å². The van der Waals surface area contributed by atoms with Gasteiger partial charge in [0.1, 0.15) is 0 Å². The van der Waals surface area contributed by atoms with Crippen molar-refractivity contribution in [3.63, 3.8) is 0 Å². The topological polar surface area (TPSA) is 53.1 Å². The van der Waals surface area contributed by atoms with E-state index in [0.717, 1.165) is 11.3 Å². The standard InChI is InChI=1S/C16H16FN3O/c1-9-4-5-11(6-10(9)2)20-14-8-15(21-3)12(17)7-13(14)19-16(20)18/h4-8H,1-3H3,(H2,18,19). The lowest BCUT2D eigenvalue weighted by Gasteiger charge is -2.10. The number of anilines is 1. The fourth-order valence-electron chi connectivity index (χ4n) is 2.39. The summed E-state index contributed by atoms with van der Waals surface area (Å²) < 4.78 is 20.6. The molecule has 0 aliphatic rings. The molecule has 0 saturated carbocycles. The molecule has 3 aromatic rings. The van der Waals surface area contributed by atoms with E-state index >= 15 is 0 Å². The SMILES string of the molecule is COc1cc2c(cc1F)nc(N)n2-c1ccc(C)c(C)c1. The van der Waals surface area contributed by atoms with Gasteiger partial charge in [-0.1, -0.05) is 6.07 Å². The highest BCUT2D eigenvalue weighted by Crippen LogP contribution is 2.29. The molecule has 0 saturated heterocycles. The van der Waals surface area contributed by atoms with Crippen LogP contribution in [-0.2, 0) is 0 Å². The lowest BCUT2D eigenvalue weighted by Crippen LogP contribution is -2.01. The first-order valence-corrected chi connectivity index (χ1v) is 6.60. The second-order valence-corrected chi connectivity index (χ2v) is 5.05. The van der Waals surface area contributed by atoms with Gasteiger partial charge in [0.15, 0.2) is 11.6 Å². The maximum Gasteiger partial charge on any atom is 0.205 e. The highest BCUT2D eigenvalue weighted by molar-refractivity contribution is 5.82. The second-order valence-electron chi connectivity index (χ2n) is 5.05. The van der Waals surface area contributed by atoms with Crippen LogP contribution < -0.4 is 10.5 Å². The minimum atomic E-state index is -0.449. The minimum absolute atomic E-state index is 0.174. The fourth-order valence-corrected chi connectivity index (χ4v) is 2.39. The maximum absolute atomic E-state index is 13.8. The van der Waals surface area contributed by atoms with E-state index < -0.39 is 5.82 Å². The van der Waals surface area contributed by atoms with Crippen LogP contribution in [0.5, 0.6) is 5.75 Å². The van der Waals surface area contributed by atoms with Crippen molar-refractivity contribution in [3.8, 4) is 11.4 Å². The number of nitrogens with zero attached hydrogens (tertiary/aromatic N) is 2. The van der Waals surface area contributed by atoms with Gasteiger partial charge in [-0.25, -0.2) is 9.37 Å². The summed E-state index contributed by atoms with van der Waals surface area (Å²) in [6.45, 7) is 4.08. The van der Waals surface area contributed by atoms with Gasteiger partial charge in [0.25, 0.3) is 0 Å². The number of aryl methyl sites for hydroxylation is 2. The van der Waals surface area contributed by atoms with Crippen LogP contribution in [0.3, 0.4) is 0 Å². The third-order valence-corrected chi connectivity index (χ3v) is 3.70. The summed E-state index contributed by atoms with van der Waals surface area (Å²) >= 11 is 0. The molecule has 0 bridgehead atoms. The van der Waals surface area contributed by atoms with Crippen LogP contribution in [0.15, 0.2) is 30.3 Å². The number of imidazole rings is 1. The van der Waals surface area contributed by atoms with Crippen molar-refractivity contribution in [3.05, 3.63) is 47.3 Å². The highest BCUT2D eigenvalue weighted by atomic mass is 19.1. The van der Waals surface area contributed by atoms with Gasteiger partial charge in [0, 0.05) is 17.8 Å². The Kier molecular flexibility index (Phi) is 3.05. The molecule has 108 valence electrons. The van der Waals surface area contributed by atoms with E-state index in [1.807, 2.05) is 32.0 Å². The number of hydrogen-bond acceptors (Lipinski definition) is 3. The molecule has 0 aliphatic heterocycles. The van der Waals surface area contributed by atoms with Gasteiger partial charge in [-0.2, -0.15) is 0 Å². The van der Waals surface area contributed by atoms with Gasteiger partial charge in [-0.3, -0.25) is 4.57 Å². The van der Waals surface area contributed by atoms with Gasteiger partial charge in [-0.05, 0) is 37.1 Å². The number of methoxy groups -OCH3 is 1. The van der Waals surface area contributed by atoms with Crippen molar-refractivity contribution in [2.75, 3.05) is 12.8 Å². The van der Waals surface area contributed by atoms with Gasteiger partial charge < -0.3 is 10.5 Å². The lowest BCUT2D eigenvalue weighted by atomic mass is 10.1. The normalized spacial score (nSPS) is 11.0. The average Bonchev–Trinajstić information content (AvgIpc) is 2.76. The number of halogens is 1. The average molecular weight is 285 g/mol. The van der Waals surface area contributed by atoms with Crippen molar-refractivity contribution < 1.29 is 9.13 Å². The van der Waals surface area contributed by atoms with Crippen LogP contribution in [0.4, 0.5) is 10.3 Å². The number of nitrogens with two attached hydrogens (primary N) is 1. The molecule has 2 aromatic carbocycles. The van der Waals surface area contributed by atoms with Crippen LogP contribution in [0.2, 0.25) is 0 Å². The number of hydrogen-bond donors (Lipinski definition) is 1. The Morgan fingerprint density at radius 3 is 2.57 bits per heavy atom. The molecule has 0 unspecified atom stereocenters. The first-order valence-electron chi connectivity index (χ1n) is 6.60. The number of rotatable bonds is 2. The molecule has 5 heteroatoms. The third kappa shape index (κ3) is 2.11. The monoisotopic (exact) mass is 285 g/mol. The molecule has 4 nitrogen and oxygen atoms in total. The fraction of sp³-hybridized carbons (Fsp3) is 0.188. The van der Waals surface area contributed by atoms with Crippen LogP contribution in [-0.4, -0.2) is 16.7 Å². The summed E-state index contributed by atoms with van der Waals surface area (Å²) in [6, 6.07) is 8.97. The zero-order valence-corrected chi connectivity index (χ0v) is 12.1. The van der Waals surface area contributed by atoms with Crippen LogP contribution in [0, 0.1) is 19.7 Å². The molecule has 1 heterocycles. The molecule has 0 atom stereocenters. The Labute approximate surface area is 122 Å². The van der Waals surface area contributed by atoms with Gasteiger partial charge >= 0.3 is 0 Å². The quantitative estimate of drug-likeness (QED) is 0.785. The van der Waals surface area contributed by atoms with E-state index in [9.17, 15) is 4.39 Å². The number of benzene rings is 2. The van der Waals surface area contributed by atoms with Gasteiger partial charge in [-0.15, -0.1) is 0 Å². The lowest BCUT2D eigenvalue weighted by molar-refractivity contribution is 0.387. The Balaban J connectivity index is 2.30. The Morgan fingerprint density at radius 2 is 1.90 bits per heavy atom. The van der Waals surface area contributed by atoms with Gasteiger partial charge in [0.05, 0.1) is 18.1 Å². The van der Waals surface area contributed by atoms with Crippen molar-refractivity contribution in [2.24, 2.45) is 0 Å². The number of nitrogen functional groups attached to an aromatic ring is 1. The summed E-state index contributed by atoms with van der Waals surface area (Å²) in [5, 5.41) is 0. The van der Waals surface area contributed by atoms with E-state index in [-0.39, 0.29) is 5.75 Å². The van der Waals surface area contributed by atoms with Crippen molar-refractivity contribution in [1.29, 1.82) is 0 Å².